The summed E-state index contributed by atoms with van der Waals surface area (Å²) in [6.07, 6.45) is 2.48. The number of hydrogen-bond donors (Lipinski definition) is 2. The van der Waals surface area contributed by atoms with Crippen LogP contribution in [0, 0.1) is 0 Å². The molecule has 0 aliphatic carbocycles. The van der Waals surface area contributed by atoms with Crippen LogP contribution < -0.4 is 10.6 Å². The molecule has 0 bridgehead atoms. The van der Waals surface area contributed by atoms with E-state index in [1.165, 1.54) is 6.20 Å². The topological polar surface area (TPSA) is 66.9 Å². The predicted molar refractivity (Wildman–Crippen MR) is 78.1 cm³/mol. The number of rotatable bonds is 5. The van der Waals surface area contributed by atoms with Crippen LogP contribution in [0.2, 0.25) is 5.02 Å². The molecule has 2 aromatic rings. The lowest BCUT2D eigenvalue weighted by atomic mass is 10.1. The Kier molecular flexibility index (Phi) is 4.70. The zero-order valence-electron chi connectivity index (χ0n) is 10.3. The summed E-state index contributed by atoms with van der Waals surface area (Å²) in [5.41, 5.74) is 1.27. The molecular formula is C12H13ClN4OS. The molecule has 0 fully saturated rings. The molecule has 0 aliphatic rings. The smallest absolute Gasteiger partial charge is 0.258 e. The van der Waals surface area contributed by atoms with Gasteiger partial charge in [0.2, 0.25) is 0 Å². The van der Waals surface area contributed by atoms with Crippen LogP contribution >= 0.6 is 23.1 Å². The average Bonchev–Trinajstić information content (AvgIpc) is 2.90. The third-order valence-electron chi connectivity index (χ3n) is 2.39. The van der Waals surface area contributed by atoms with Crippen LogP contribution in [0.5, 0.6) is 0 Å². The van der Waals surface area contributed by atoms with E-state index in [0.29, 0.717) is 15.6 Å². The van der Waals surface area contributed by atoms with E-state index >= 15 is 0 Å². The van der Waals surface area contributed by atoms with Gasteiger partial charge in [-0.05, 0) is 24.6 Å². The number of halogens is 1. The quantitative estimate of drug-likeness (QED) is 0.888. The lowest BCUT2D eigenvalue weighted by molar-refractivity contribution is 0.102. The predicted octanol–water partition coefficient (Wildman–Crippen LogP) is 3.27. The third kappa shape index (κ3) is 3.65. The van der Waals surface area contributed by atoms with Gasteiger partial charge in [-0.15, -0.1) is 5.10 Å². The highest BCUT2D eigenvalue weighted by molar-refractivity contribution is 7.10. The molecule has 2 rings (SSSR count). The molecule has 1 heterocycles. The lowest BCUT2D eigenvalue weighted by Crippen LogP contribution is -2.14. The number of carbonyl (C=O) groups excluding carboxylic acids is 1. The Labute approximate surface area is 120 Å². The second kappa shape index (κ2) is 6.49. The SMILES string of the molecule is CCCNc1ccc(Cl)cc1C(=O)Nc1cnns1. The standard InChI is InChI=1S/C12H13ClN4OS/c1-2-5-14-10-4-3-8(13)6-9(10)12(18)16-11-7-15-17-19-11/h3-4,6-7,14H,2,5H2,1H3,(H,16,18). The van der Waals surface area contributed by atoms with Crippen LogP contribution in [0.25, 0.3) is 0 Å². The molecule has 0 radical (unpaired) electrons. The first kappa shape index (κ1) is 13.8. The molecule has 19 heavy (non-hydrogen) atoms. The number of nitrogens with one attached hydrogen (secondary N) is 2. The van der Waals surface area contributed by atoms with Gasteiger partial charge >= 0.3 is 0 Å². The number of anilines is 2. The third-order valence-corrected chi connectivity index (χ3v) is 3.20. The van der Waals surface area contributed by atoms with Crippen molar-refractivity contribution >= 4 is 39.7 Å². The Bertz CT molecular complexity index is 559. The Hall–Kier alpha value is -1.66. The summed E-state index contributed by atoms with van der Waals surface area (Å²) in [7, 11) is 0. The van der Waals surface area contributed by atoms with Gasteiger partial charge in [0.15, 0.2) is 0 Å². The molecule has 5 nitrogen and oxygen atoms in total. The second-order valence-electron chi connectivity index (χ2n) is 3.85. The van der Waals surface area contributed by atoms with Gasteiger partial charge in [-0.1, -0.05) is 23.0 Å². The molecule has 0 atom stereocenters. The summed E-state index contributed by atoms with van der Waals surface area (Å²) in [6.45, 7) is 2.86. The molecule has 0 saturated heterocycles. The summed E-state index contributed by atoms with van der Waals surface area (Å²) < 4.78 is 3.69. The highest BCUT2D eigenvalue weighted by atomic mass is 35.5. The zero-order valence-corrected chi connectivity index (χ0v) is 11.9. The van der Waals surface area contributed by atoms with Crippen molar-refractivity contribution in [1.29, 1.82) is 0 Å². The summed E-state index contributed by atoms with van der Waals surface area (Å²) in [5.74, 6) is -0.229. The Morgan fingerprint density at radius 2 is 2.32 bits per heavy atom. The van der Waals surface area contributed by atoms with E-state index in [2.05, 4.69) is 27.1 Å². The molecule has 0 saturated carbocycles. The van der Waals surface area contributed by atoms with Crippen molar-refractivity contribution in [2.75, 3.05) is 17.2 Å². The first-order valence-corrected chi connectivity index (χ1v) is 6.98. The molecule has 0 spiro atoms. The number of benzene rings is 1. The second-order valence-corrected chi connectivity index (χ2v) is 5.07. The molecule has 100 valence electrons. The highest BCUT2D eigenvalue weighted by Gasteiger charge is 2.13. The van der Waals surface area contributed by atoms with Gasteiger partial charge in [-0.25, -0.2) is 0 Å². The summed E-state index contributed by atoms with van der Waals surface area (Å²) in [6, 6.07) is 5.20. The fourth-order valence-electron chi connectivity index (χ4n) is 1.52. The van der Waals surface area contributed by atoms with Gasteiger partial charge in [0, 0.05) is 28.8 Å². The van der Waals surface area contributed by atoms with Gasteiger partial charge in [-0.2, -0.15) is 0 Å². The van der Waals surface area contributed by atoms with Crippen molar-refractivity contribution in [2.24, 2.45) is 0 Å². The zero-order chi connectivity index (χ0) is 13.7. The van der Waals surface area contributed by atoms with E-state index < -0.39 is 0 Å². The van der Waals surface area contributed by atoms with E-state index in [1.807, 2.05) is 0 Å². The first-order valence-electron chi connectivity index (χ1n) is 5.83. The van der Waals surface area contributed by atoms with Crippen molar-refractivity contribution in [3.63, 3.8) is 0 Å². The lowest BCUT2D eigenvalue weighted by Gasteiger charge is -2.11. The maximum Gasteiger partial charge on any atom is 0.258 e. The van der Waals surface area contributed by atoms with E-state index in [9.17, 15) is 4.79 Å². The highest BCUT2D eigenvalue weighted by Crippen LogP contribution is 2.22. The van der Waals surface area contributed by atoms with E-state index in [-0.39, 0.29) is 5.91 Å². The fraction of sp³-hybridized carbons (Fsp3) is 0.250. The molecule has 0 unspecified atom stereocenters. The van der Waals surface area contributed by atoms with E-state index in [1.54, 1.807) is 18.2 Å². The van der Waals surface area contributed by atoms with Crippen LogP contribution in [-0.2, 0) is 0 Å². The van der Waals surface area contributed by atoms with Crippen LogP contribution in [0.3, 0.4) is 0 Å². The van der Waals surface area contributed by atoms with Crippen molar-refractivity contribution in [2.45, 2.75) is 13.3 Å². The molecule has 1 amide bonds. The molecule has 7 heteroatoms. The van der Waals surface area contributed by atoms with Gasteiger partial charge in [0.05, 0.1) is 11.8 Å². The number of carbonyl (C=O) groups is 1. The fourth-order valence-corrected chi connectivity index (χ4v) is 2.11. The molecule has 1 aromatic heterocycles. The van der Waals surface area contributed by atoms with Crippen molar-refractivity contribution in [3.05, 3.63) is 35.0 Å². The molecule has 0 aliphatic heterocycles. The molecule has 1 aromatic carbocycles. The van der Waals surface area contributed by atoms with Crippen molar-refractivity contribution < 1.29 is 4.79 Å². The minimum absolute atomic E-state index is 0.229. The van der Waals surface area contributed by atoms with E-state index in [4.69, 9.17) is 11.6 Å². The van der Waals surface area contributed by atoms with Crippen molar-refractivity contribution in [1.82, 2.24) is 9.59 Å². The van der Waals surface area contributed by atoms with Crippen LogP contribution in [0.1, 0.15) is 23.7 Å². The van der Waals surface area contributed by atoms with E-state index in [0.717, 1.165) is 30.2 Å². The number of aromatic nitrogens is 2. The number of hydrogen-bond acceptors (Lipinski definition) is 5. The Morgan fingerprint density at radius 3 is 3.00 bits per heavy atom. The van der Waals surface area contributed by atoms with Crippen LogP contribution in [0.4, 0.5) is 10.7 Å². The minimum atomic E-state index is -0.229. The Morgan fingerprint density at radius 1 is 1.47 bits per heavy atom. The largest absolute Gasteiger partial charge is 0.384 e. The van der Waals surface area contributed by atoms with Crippen LogP contribution in [-0.4, -0.2) is 22.0 Å². The maximum atomic E-state index is 12.2. The van der Waals surface area contributed by atoms with Crippen molar-refractivity contribution in [3.8, 4) is 0 Å². The number of nitrogens with zero attached hydrogens (tertiary/aromatic N) is 2. The molecule has 2 N–H and O–H groups in total. The van der Waals surface area contributed by atoms with Gasteiger partial charge in [-0.3, -0.25) is 4.79 Å². The van der Waals surface area contributed by atoms with Gasteiger partial charge < -0.3 is 10.6 Å². The first-order chi connectivity index (χ1) is 9.20. The summed E-state index contributed by atoms with van der Waals surface area (Å²) in [5, 5.41) is 10.7. The number of amides is 1. The van der Waals surface area contributed by atoms with Gasteiger partial charge in [0.1, 0.15) is 5.00 Å². The van der Waals surface area contributed by atoms with Gasteiger partial charge in [0.25, 0.3) is 5.91 Å². The maximum absolute atomic E-state index is 12.2. The average molecular weight is 297 g/mol. The summed E-state index contributed by atoms with van der Waals surface area (Å²) in [4.78, 5) is 12.2. The normalized spacial score (nSPS) is 10.2. The summed E-state index contributed by atoms with van der Waals surface area (Å²) >= 11 is 7.07. The minimum Gasteiger partial charge on any atom is -0.384 e. The molecular weight excluding hydrogens is 284 g/mol. The monoisotopic (exact) mass is 296 g/mol. The Balaban J connectivity index is 2.21. The van der Waals surface area contributed by atoms with Crippen LogP contribution in [0.15, 0.2) is 24.4 Å².